The van der Waals surface area contributed by atoms with E-state index in [1.165, 1.54) is 64.2 Å². The molecule has 0 radical (unpaired) electrons. The maximum atomic E-state index is 13.5. The van der Waals surface area contributed by atoms with Gasteiger partial charge in [-0.05, 0) is 6.42 Å². The van der Waals surface area contributed by atoms with E-state index in [2.05, 4.69) is 11.7 Å². The first-order chi connectivity index (χ1) is 17.8. The number of unbranched alkanes of at least 4 members (excludes halogenated alkanes) is 13. The van der Waals surface area contributed by atoms with Crippen molar-refractivity contribution in [2.75, 3.05) is 19.8 Å². The molecular formula is C27H39F5O5. The first-order valence-electron chi connectivity index (χ1n) is 13.2. The van der Waals surface area contributed by atoms with Crippen molar-refractivity contribution in [1.29, 1.82) is 0 Å². The van der Waals surface area contributed by atoms with Crippen LogP contribution in [0.4, 0.5) is 22.0 Å². The van der Waals surface area contributed by atoms with Crippen molar-refractivity contribution in [3.05, 3.63) is 34.6 Å². The third-order valence-corrected chi connectivity index (χ3v) is 5.88. The molecule has 1 aromatic carbocycles. The SMILES string of the molecule is CCCCCCCCCCCCCCCCOC(=O)COCC(=O)OCc1c(F)c(F)c(F)c(F)c1F. The van der Waals surface area contributed by atoms with Gasteiger partial charge in [0, 0.05) is 0 Å². The second-order valence-electron chi connectivity index (χ2n) is 9.02. The van der Waals surface area contributed by atoms with Crippen molar-refractivity contribution in [3.8, 4) is 0 Å². The van der Waals surface area contributed by atoms with Crippen LogP contribution in [0.3, 0.4) is 0 Å². The first-order valence-corrected chi connectivity index (χ1v) is 13.2. The molecule has 0 N–H and O–H groups in total. The van der Waals surface area contributed by atoms with Crippen molar-refractivity contribution >= 4 is 11.9 Å². The second-order valence-corrected chi connectivity index (χ2v) is 9.02. The van der Waals surface area contributed by atoms with Crippen LogP contribution in [0.1, 0.15) is 102 Å². The third kappa shape index (κ3) is 13.8. The van der Waals surface area contributed by atoms with Crippen molar-refractivity contribution in [1.82, 2.24) is 0 Å². The van der Waals surface area contributed by atoms with Gasteiger partial charge >= 0.3 is 11.9 Å². The minimum absolute atomic E-state index is 0.227. The molecule has 0 heterocycles. The van der Waals surface area contributed by atoms with Crippen LogP contribution in [0.5, 0.6) is 0 Å². The van der Waals surface area contributed by atoms with Crippen LogP contribution in [0.25, 0.3) is 0 Å². The zero-order chi connectivity index (χ0) is 27.5. The summed E-state index contributed by atoms with van der Waals surface area (Å²) < 4.78 is 80.6. The van der Waals surface area contributed by atoms with Gasteiger partial charge in [-0.25, -0.2) is 31.5 Å². The summed E-state index contributed by atoms with van der Waals surface area (Å²) in [6, 6.07) is 0. The molecule has 0 saturated heterocycles. The summed E-state index contributed by atoms with van der Waals surface area (Å²) in [5, 5.41) is 0. The van der Waals surface area contributed by atoms with Gasteiger partial charge in [-0.15, -0.1) is 0 Å². The highest BCUT2D eigenvalue weighted by Gasteiger charge is 2.26. The Hall–Kier alpha value is -2.23. The zero-order valence-electron chi connectivity index (χ0n) is 21.7. The van der Waals surface area contributed by atoms with Gasteiger partial charge < -0.3 is 14.2 Å². The Morgan fingerprint density at radius 2 is 0.919 bits per heavy atom. The summed E-state index contributed by atoms with van der Waals surface area (Å²) in [6.45, 7) is -0.0357. The van der Waals surface area contributed by atoms with Gasteiger partial charge in [0.2, 0.25) is 5.82 Å². The van der Waals surface area contributed by atoms with E-state index in [9.17, 15) is 31.5 Å². The highest BCUT2D eigenvalue weighted by molar-refractivity contribution is 5.73. The molecule has 0 bridgehead atoms. The van der Waals surface area contributed by atoms with E-state index in [0.29, 0.717) is 6.42 Å². The van der Waals surface area contributed by atoms with Crippen molar-refractivity contribution in [2.24, 2.45) is 0 Å². The predicted octanol–water partition coefficient (Wildman–Crippen LogP) is 7.47. The molecule has 0 amide bonds. The summed E-state index contributed by atoms with van der Waals surface area (Å²) in [7, 11) is 0. The number of ether oxygens (including phenoxy) is 3. The molecule has 1 rings (SSSR count). The molecule has 10 heteroatoms. The number of carbonyl (C=O) groups excluding carboxylic acids is 2. The summed E-state index contributed by atoms with van der Waals surface area (Å²) in [5.41, 5.74) is -1.28. The minimum atomic E-state index is -2.30. The summed E-state index contributed by atoms with van der Waals surface area (Å²) in [6.07, 6.45) is 17.0. The van der Waals surface area contributed by atoms with E-state index in [1.807, 2.05) is 0 Å². The fourth-order valence-electron chi connectivity index (χ4n) is 3.71. The largest absolute Gasteiger partial charge is 0.464 e. The Morgan fingerprint density at radius 3 is 1.38 bits per heavy atom. The number of esters is 2. The highest BCUT2D eigenvalue weighted by atomic mass is 19.2. The second kappa shape index (κ2) is 19.8. The Balaban J connectivity index is 2.00. The van der Waals surface area contributed by atoms with E-state index in [0.717, 1.165) is 19.3 Å². The fraction of sp³-hybridized carbons (Fsp3) is 0.704. The van der Waals surface area contributed by atoms with Gasteiger partial charge in [0.15, 0.2) is 23.3 Å². The summed E-state index contributed by atoms with van der Waals surface area (Å²) in [5.74, 6) is -12.6. The van der Waals surface area contributed by atoms with E-state index in [4.69, 9.17) is 9.47 Å². The lowest BCUT2D eigenvalue weighted by Gasteiger charge is -2.09. The molecule has 0 aromatic heterocycles. The molecule has 0 saturated carbocycles. The normalized spacial score (nSPS) is 11.1. The van der Waals surface area contributed by atoms with Crippen LogP contribution in [0, 0.1) is 29.1 Å². The quantitative estimate of drug-likeness (QED) is 0.0534. The molecule has 1 aromatic rings. The lowest BCUT2D eigenvalue weighted by atomic mass is 10.0. The number of carbonyl (C=O) groups is 2. The molecule has 37 heavy (non-hydrogen) atoms. The van der Waals surface area contributed by atoms with Crippen LogP contribution in [0.2, 0.25) is 0 Å². The van der Waals surface area contributed by atoms with Crippen LogP contribution in [0.15, 0.2) is 0 Å². The average Bonchev–Trinajstić information content (AvgIpc) is 2.88. The number of benzene rings is 1. The number of rotatable bonds is 21. The molecular weight excluding hydrogens is 499 g/mol. The highest BCUT2D eigenvalue weighted by Crippen LogP contribution is 2.23. The Labute approximate surface area is 216 Å². The molecule has 0 spiro atoms. The van der Waals surface area contributed by atoms with E-state index >= 15 is 0 Å². The van der Waals surface area contributed by atoms with Crippen LogP contribution in [-0.2, 0) is 30.4 Å². The van der Waals surface area contributed by atoms with E-state index in [1.54, 1.807) is 0 Å². The molecule has 0 aliphatic rings. The van der Waals surface area contributed by atoms with Crippen LogP contribution < -0.4 is 0 Å². The lowest BCUT2D eigenvalue weighted by Crippen LogP contribution is -2.19. The van der Waals surface area contributed by atoms with Crippen molar-refractivity contribution in [3.63, 3.8) is 0 Å². The molecule has 212 valence electrons. The molecule has 0 atom stereocenters. The van der Waals surface area contributed by atoms with Gasteiger partial charge in [-0.1, -0.05) is 90.4 Å². The van der Waals surface area contributed by atoms with Crippen molar-refractivity contribution in [2.45, 2.75) is 103 Å². The number of hydrogen-bond acceptors (Lipinski definition) is 5. The minimum Gasteiger partial charge on any atom is -0.464 e. The van der Waals surface area contributed by atoms with E-state index < -0.39 is 66.4 Å². The smallest absolute Gasteiger partial charge is 0.332 e. The number of hydrogen-bond donors (Lipinski definition) is 0. The molecule has 5 nitrogen and oxygen atoms in total. The van der Waals surface area contributed by atoms with Crippen molar-refractivity contribution < 1.29 is 45.8 Å². The topological polar surface area (TPSA) is 61.8 Å². The Kier molecular flexibility index (Phi) is 17.6. The fourth-order valence-corrected chi connectivity index (χ4v) is 3.71. The molecule has 0 aliphatic heterocycles. The van der Waals surface area contributed by atoms with Gasteiger partial charge in [-0.3, -0.25) is 0 Å². The lowest BCUT2D eigenvalue weighted by molar-refractivity contribution is -0.156. The first kappa shape index (κ1) is 32.8. The molecule has 0 unspecified atom stereocenters. The monoisotopic (exact) mass is 538 g/mol. The zero-order valence-corrected chi connectivity index (χ0v) is 21.7. The van der Waals surface area contributed by atoms with Gasteiger partial charge in [0.1, 0.15) is 19.8 Å². The Bertz CT molecular complexity index is 790. The molecule has 0 aliphatic carbocycles. The third-order valence-electron chi connectivity index (χ3n) is 5.88. The standard InChI is InChI=1S/C27H39F5O5/c1-2-3-4-5-6-7-8-9-10-11-12-13-14-15-16-36-21(33)18-35-19-22(34)37-17-20-23(28)25(30)27(32)26(31)24(20)29/h2-19H2,1H3. The predicted molar refractivity (Wildman–Crippen MR) is 128 cm³/mol. The van der Waals surface area contributed by atoms with Gasteiger partial charge in [-0.2, -0.15) is 0 Å². The van der Waals surface area contributed by atoms with E-state index in [-0.39, 0.29) is 6.61 Å². The van der Waals surface area contributed by atoms with Crippen LogP contribution >= 0.6 is 0 Å². The summed E-state index contributed by atoms with van der Waals surface area (Å²) in [4.78, 5) is 23.2. The maximum Gasteiger partial charge on any atom is 0.332 e. The Morgan fingerprint density at radius 1 is 0.541 bits per heavy atom. The molecule has 0 fully saturated rings. The van der Waals surface area contributed by atoms with Crippen LogP contribution in [-0.4, -0.2) is 31.8 Å². The van der Waals surface area contributed by atoms with Gasteiger partial charge in [0.05, 0.1) is 12.2 Å². The average molecular weight is 539 g/mol. The van der Waals surface area contributed by atoms with Gasteiger partial charge in [0.25, 0.3) is 0 Å². The summed E-state index contributed by atoms with van der Waals surface area (Å²) >= 11 is 0. The number of halogens is 5. The maximum absolute atomic E-state index is 13.5.